The van der Waals surface area contributed by atoms with Crippen molar-refractivity contribution in [2.24, 2.45) is 0 Å². The molecule has 0 aliphatic carbocycles. The zero-order chi connectivity index (χ0) is 33.5. The van der Waals surface area contributed by atoms with Crippen LogP contribution in [0.25, 0.3) is 0 Å². The topological polar surface area (TPSA) is 119 Å². The van der Waals surface area contributed by atoms with E-state index in [4.69, 9.17) is 9.15 Å². The van der Waals surface area contributed by atoms with Gasteiger partial charge in [-0.15, -0.1) is 0 Å². The van der Waals surface area contributed by atoms with Gasteiger partial charge in [0.05, 0.1) is 49.1 Å². The summed E-state index contributed by atoms with van der Waals surface area (Å²) in [6.45, 7) is -0.128. The third-order valence-corrected chi connectivity index (χ3v) is 9.18. The van der Waals surface area contributed by atoms with Crippen molar-refractivity contribution in [3.63, 3.8) is 0 Å². The summed E-state index contributed by atoms with van der Waals surface area (Å²) in [7, 11) is 0. The second-order valence-electron chi connectivity index (χ2n) is 11.5. The van der Waals surface area contributed by atoms with Gasteiger partial charge in [0.1, 0.15) is 17.2 Å². The molecule has 1 saturated heterocycles. The van der Waals surface area contributed by atoms with Crippen LogP contribution in [-0.2, 0) is 42.8 Å². The molecule has 0 saturated carbocycles. The Labute approximate surface area is 273 Å². The zero-order valence-electron chi connectivity index (χ0n) is 24.7. The van der Waals surface area contributed by atoms with Gasteiger partial charge in [0.2, 0.25) is 0 Å². The molecule has 1 fully saturated rings. The summed E-state index contributed by atoms with van der Waals surface area (Å²) in [6.07, 6.45) is -5.70. The second kappa shape index (κ2) is 12.8. The summed E-state index contributed by atoms with van der Waals surface area (Å²) in [5, 5.41) is 11.9. The van der Waals surface area contributed by atoms with Gasteiger partial charge in [0.25, 0.3) is 5.56 Å². The first-order valence-corrected chi connectivity index (χ1v) is 15.5. The van der Waals surface area contributed by atoms with Gasteiger partial charge < -0.3 is 19.6 Å². The maximum absolute atomic E-state index is 15.1. The molecule has 1 atom stereocenters. The van der Waals surface area contributed by atoms with Crippen LogP contribution in [0.3, 0.4) is 0 Å². The number of hydrogen-bond acceptors (Lipinski definition) is 6. The van der Waals surface area contributed by atoms with Crippen LogP contribution in [0.2, 0.25) is 0 Å². The van der Waals surface area contributed by atoms with Crippen LogP contribution >= 0.6 is 15.9 Å². The van der Waals surface area contributed by atoms with Crippen LogP contribution in [-0.4, -0.2) is 38.3 Å². The van der Waals surface area contributed by atoms with Crippen LogP contribution in [0, 0.1) is 5.82 Å². The van der Waals surface area contributed by atoms with Crippen molar-refractivity contribution in [1.82, 2.24) is 19.4 Å². The van der Waals surface area contributed by atoms with Crippen molar-refractivity contribution in [3.8, 4) is 0 Å². The van der Waals surface area contributed by atoms with Crippen LogP contribution in [0.1, 0.15) is 52.6 Å². The first-order chi connectivity index (χ1) is 22.4. The fourth-order valence-electron chi connectivity index (χ4n) is 6.47. The number of likely N-dealkylation sites (tertiary alicyclic amines) is 1. The number of amides is 1. The van der Waals surface area contributed by atoms with E-state index in [0.29, 0.717) is 42.7 Å². The SMILES string of the molecule is O=C(O)NC(Cn1c(=O)c2c(n(Cc3c(F)cccc3C(F)(F)F)c1=O)COC21CCN(Cc2ccc(Br)o2)CC1)c1ccccc1. The lowest BCUT2D eigenvalue weighted by atomic mass is 9.85. The van der Waals surface area contributed by atoms with Crippen molar-refractivity contribution >= 4 is 22.0 Å². The van der Waals surface area contributed by atoms with E-state index in [1.165, 1.54) is 0 Å². The number of carboxylic acid groups (broad SMARTS) is 1. The Hall–Kier alpha value is -4.21. The molecule has 4 heterocycles. The van der Waals surface area contributed by atoms with Gasteiger partial charge in [-0.25, -0.2) is 14.0 Å². The number of halogens is 5. The average molecular weight is 722 g/mol. The van der Waals surface area contributed by atoms with Crippen molar-refractivity contribution in [2.45, 2.75) is 56.9 Å². The number of benzene rings is 2. The molecule has 2 N–H and O–H groups in total. The number of rotatable bonds is 8. The Morgan fingerprint density at radius 1 is 1.00 bits per heavy atom. The molecule has 2 aromatic heterocycles. The van der Waals surface area contributed by atoms with Gasteiger partial charge in [-0.1, -0.05) is 36.4 Å². The average Bonchev–Trinajstić information content (AvgIpc) is 3.61. The van der Waals surface area contributed by atoms with E-state index >= 15 is 4.39 Å². The minimum atomic E-state index is -4.92. The normalized spacial score (nSPS) is 16.7. The van der Waals surface area contributed by atoms with Crippen molar-refractivity contribution in [1.29, 1.82) is 0 Å². The number of furan rings is 1. The lowest BCUT2D eigenvalue weighted by Crippen LogP contribution is -2.50. The first kappa shape index (κ1) is 32.7. The number of piperidine rings is 1. The van der Waals surface area contributed by atoms with Gasteiger partial charge in [-0.2, -0.15) is 13.2 Å². The van der Waals surface area contributed by atoms with Crippen LogP contribution < -0.4 is 16.6 Å². The van der Waals surface area contributed by atoms with Crippen molar-refractivity contribution in [3.05, 3.63) is 126 Å². The second-order valence-corrected chi connectivity index (χ2v) is 12.3. The van der Waals surface area contributed by atoms with Crippen LogP contribution in [0.15, 0.2) is 79.3 Å². The molecule has 1 spiro atoms. The molecule has 248 valence electrons. The van der Waals surface area contributed by atoms with E-state index in [-0.39, 0.29) is 17.9 Å². The molecule has 4 aromatic rings. The molecule has 2 aliphatic heterocycles. The molecule has 2 aromatic carbocycles. The van der Waals surface area contributed by atoms with E-state index in [9.17, 15) is 32.7 Å². The van der Waals surface area contributed by atoms with Gasteiger partial charge in [0, 0.05) is 18.7 Å². The van der Waals surface area contributed by atoms with Crippen LogP contribution in [0.5, 0.6) is 0 Å². The van der Waals surface area contributed by atoms with E-state index in [0.717, 1.165) is 33.1 Å². The van der Waals surface area contributed by atoms with Gasteiger partial charge in [-0.3, -0.25) is 18.8 Å². The Balaban J connectivity index is 1.46. The molecule has 1 unspecified atom stereocenters. The van der Waals surface area contributed by atoms with Gasteiger partial charge in [0.15, 0.2) is 4.67 Å². The molecule has 2 aliphatic rings. The molecular weight excluding hydrogens is 692 g/mol. The van der Waals surface area contributed by atoms with Crippen molar-refractivity contribution < 1.29 is 36.6 Å². The third-order valence-electron chi connectivity index (χ3n) is 8.75. The minimum Gasteiger partial charge on any atom is -0.465 e. The van der Waals surface area contributed by atoms with E-state index in [1.54, 1.807) is 36.4 Å². The van der Waals surface area contributed by atoms with E-state index < -0.39 is 65.2 Å². The summed E-state index contributed by atoms with van der Waals surface area (Å²) in [5.74, 6) is -0.445. The van der Waals surface area contributed by atoms with Gasteiger partial charge >= 0.3 is 18.0 Å². The number of fused-ring (bicyclic) bond motifs is 2. The predicted molar refractivity (Wildman–Crippen MR) is 163 cm³/mol. The monoisotopic (exact) mass is 720 g/mol. The Morgan fingerprint density at radius 3 is 2.36 bits per heavy atom. The number of aromatic nitrogens is 2. The molecule has 0 radical (unpaired) electrons. The first-order valence-electron chi connectivity index (χ1n) is 14.7. The molecule has 47 heavy (non-hydrogen) atoms. The molecule has 10 nitrogen and oxygen atoms in total. The lowest BCUT2D eigenvalue weighted by molar-refractivity contribution is -0.138. The molecule has 15 heteroatoms. The summed E-state index contributed by atoms with van der Waals surface area (Å²) >= 11 is 3.29. The number of ether oxygens (including phenoxy) is 1. The van der Waals surface area contributed by atoms with Crippen LogP contribution in [0.4, 0.5) is 22.4 Å². The number of nitrogens with zero attached hydrogens (tertiary/aromatic N) is 3. The third kappa shape index (κ3) is 6.51. The number of nitrogens with one attached hydrogen (secondary N) is 1. The number of carbonyl (C=O) groups is 1. The van der Waals surface area contributed by atoms with Gasteiger partial charge in [-0.05, 0) is 58.6 Å². The number of alkyl halides is 3. The maximum atomic E-state index is 15.1. The summed E-state index contributed by atoms with van der Waals surface area (Å²) in [5.41, 5.74) is -4.32. The fraction of sp³-hybridized carbons (Fsp3) is 0.344. The fourth-order valence-corrected chi connectivity index (χ4v) is 6.81. The Morgan fingerprint density at radius 2 is 1.72 bits per heavy atom. The Kier molecular flexibility index (Phi) is 8.89. The highest BCUT2D eigenvalue weighted by molar-refractivity contribution is 9.10. The molecule has 6 rings (SSSR count). The smallest absolute Gasteiger partial charge is 0.416 e. The minimum absolute atomic E-state index is 0.0681. The molecule has 0 bridgehead atoms. The zero-order valence-corrected chi connectivity index (χ0v) is 26.3. The van der Waals surface area contributed by atoms with Crippen molar-refractivity contribution in [2.75, 3.05) is 13.1 Å². The summed E-state index contributed by atoms with van der Waals surface area (Å²) in [4.78, 5) is 42.2. The largest absolute Gasteiger partial charge is 0.465 e. The standard InChI is InChI=1S/C32H29BrF4N4O6/c33-26-10-9-20(47-26)15-39-13-11-31(12-14-39)27-25(18-46-31)40(16-21-22(32(35,36)37)7-4-8-23(21)34)30(45)41(28(27)42)17-24(38-29(43)44)19-5-2-1-3-6-19/h1-10,24,38H,11-18H2,(H,43,44). The quantitative estimate of drug-likeness (QED) is 0.228. The predicted octanol–water partition coefficient (Wildman–Crippen LogP) is 5.60. The highest BCUT2D eigenvalue weighted by Gasteiger charge is 2.47. The number of hydrogen-bond donors (Lipinski definition) is 2. The highest BCUT2D eigenvalue weighted by atomic mass is 79.9. The Bertz CT molecular complexity index is 1920. The molecule has 1 amide bonds. The molecular formula is C32H29BrF4N4O6. The van der Waals surface area contributed by atoms with E-state index in [2.05, 4.69) is 26.1 Å². The summed E-state index contributed by atoms with van der Waals surface area (Å²) in [6, 6.07) is 13.3. The van der Waals surface area contributed by atoms with E-state index in [1.807, 2.05) is 6.07 Å². The highest BCUT2D eigenvalue weighted by Crippen LogP contribution is 2.43. The lowest BCUT2D eigenvalue weighted by Gasteiger charge is -2.38. The maximum Gasteiger partial charge on any atom is 0.416 e. The summed E-state index contributed by atoms with van der Waals surface area (Å²) < 4.78 is 71.3.